The number of hydrogen-bond donors (Lipinski definition) is 1. The first-order chi connectivity index (χ1) is 8.96. The van der Waals surface area contributed by atoms with Crippen LogP contribution in [-0.2, 0) is 24.7 Å². The summed E-state index contributed by atoms with van der Waals surface area (Å²) in [6.07, 6.45) is 0.788. The van der Waals surface area contributed by atoms with E-state index in [1.54, 1.807) is 0 Å². The maximum absolute atomic E-state index is 13.6. The summed E-state index contributed by atoms with van der Waals surface area (Å²) < 4.78 is 60.4. The van der Waals surface area contributed by atoms with Gasteiger partial charge in [-0.25, -0.2) is 21.2 Å². The molecular formula is C10H12FNO6S2. The summed E-state index contributed by atoms with van der Waals surface area (Å²) in [7, 11) is -6.99. The van der Waals surface area contributed by atoms with Crippen LogP contribution in [0.2, 0.25) is 0 Å². The first-order valence-electron chi connectivity index (χ1n) is 5.14. The van der Waals surface area contributed by atoms with Gasteiger partial charge in [-0.15, -0.1) is 0 Å². The highest BCUT2D eigenvalue weighted by Gasteiger charge is 2.25. The third kappa shape index (κ3) is 3.52. The van der Waals surface area contributed by atoms with Gasteiger partial charge < -0.3 is 5.11 Å². The summed E-state index contributed by atoms with van der Waals surface area (Å²) in [5.41, 5.74) is 0. The molecule has 0 aliphatic heterocycles. The predicted molar refractivity (Wildman–Crippen MR) is 67.0 cm³/mol. The van der Waals surface area contributed by atoms with E-state index in [2.05, 4.69) is 0 Å². The number of benzene rings is 1. The fourth-order valence-corrected chi connectivity index (χ4v) is 3.26. The molecule has 0 saturated carbocycles. The van der Waals surface area contributed by atoms with Crippen molar-refractivity contribution in [3.63, 3.8) is 0 Å². The normalized spacial score (nSPS) is 12.6. The molecule has 0 unspecified atom stereocenters. The number of halogens is 1. The van der Waals surface area contributed by atoms with E-state index in [4.69, 9.17) is 5.11 Å². The average molecular weight is 325 g/mol. The van der Waals surface area contributed by atoms with E-state index < -0.39 is 48.0 Å². The topological polar surface area (TPSA) is 109 Å². The van der Waals surface area contributed by atoms with Gasteiger partial charge in [0.05, 0.1) is 4.90 Å². The second kappa shape index (κ2) is 5.46. The van der Waals surface area contributed by atoms with Gasteiger partial charge in [-0.3, -0.25) is 4.79 Å². The Morgan fingerprint density at radius 3 is 2.25 bits per heavy atom. The molecule has 0 spiro atoms. The van der Waals surface area contributed by atoms with E-state index in [-0.39, 0.29) is 0 Å². The van der Waals surface area contributed by atoms with Gasteiger partial charge in [-0.05, 0) is 18.2 Å². The summed E-state index contributed by atoms with van der Waals surface area (Å²) >= 11 is 0. The number of likely N-dealkylation sites (N-methyl/N-ethyl adjacent to an activating group) is 1. The van der Waals surface area contributed by atoms with Gasteiger partial charge in [-0.2, -0.15) is 4.31 Å². The average Bonchev–Trinajstić information content (AvgIpc) is 2.25. The molecule has 0 aromatic heterocycles. The molecule has 0 fully saturated rings. The molecule has 0 heterocycles. The summed E-state index contributed by atoms with van der Waals surface area (Å²) in [4.78, 5) is 9.33. The van der Waals surface area contributed by atoms with Gasteiger partial charge in [0.1, 0.15) is 17.3 Å². The number of sulfonamides is 1. The lowest BCUT2D eigenvalue weighted by Crippen LogP contribution is -2.32. The van der Waals surface area contributed by atoms with Crippen molar-refractivity contribution in [1.82, 2.24) is 4.31 Å². The zero-order valence-electron chi connectivity index (χ0n) is 10.6. The summed E-state index contributed by atoms with van der Waals surface area (Å²) in [6.45, 7) is -0.794. The lowest BCUT2D eigenvalue weighted by atomic mass is 10.3. The molecule has 10 heteroatoms. The van der Waals surface area contributed by atoms with E-state index in [9.17, 15) is 26.0 Å². The van der Waals surface area contributed by atoms with Crippen molar-refractivity contribution in [2.45, 2.75) is 9.79 Å². The van der Waals surface area contributed by atoms with Crippen molar-refractivity contribution in [3.05, 3.63) is 24.0 Å². The molecule has 7 nitrogen and oxygen atoms in total. The quantitative estimate of drug-likeness (QED) is 0.812. The Hall–Kier alpha value is -1.52. The van der Waals surface area contributed by atoms with Crippen LogP contribution in [0, 0.1) is 5.82 Å². The largest absolute Gasteiger partial charge is 0.480 e. The Balaban J connectivity index is 3.29. The Morgan fingerprint density at radius 1 is 1.30 bits per heavy atom. The fraction of sp³-hybridized carbons (Fsp3) is 0.300. The van der Waals surface area contributed by atoms with E-state index in [0.29, 0.717) is 10.4 Å². The Morgan fingerprint density at radius 2 is 1.85 bits per heavy atom. The fourth-order valence-electron chi connectivity index (χ4n) is 1.40. The van der Waals surface area contributed by atoms with Crippen molar-refractivity contribution >= 4 is 25.8 Å². The highest BCUT2D eigenvalue weighted by atomic mass is 32.2. The standard InChI is InChI=1S/C10H12FNO6S2/c1-12(6-10(13)14)20(17,18)7-3-4-9(8(11)5-7)19(2,15)16/h3-5H,6H2,1-2H3,(H,13,14). The second-order valence-electron chi connectivity index (χ2n) is 4.02. The number of aliphatic carboxylic acids is 1. The number of sulfone groups is 1. The van der Waals surface area contributed by atoms with Crippen molar-refractivity contribution in [2.75, 3.05) is 19.8 Å². The van der Waals surface area contributed by atoms with E-state index in [1.807, 2.05) is 0 Å². The molecule has 20 heavy (non-hydrogen) atoms. The Labute approximate surface area is 115 Å². The summed E-state index contributed by atoms with van der Waals surface area (Å²) in [6, 6.07) is 2.28. The van der Waals surface area contributed by atoms with Crippen molar-refractivity contribution in [1.29, 1.82) is 0 Å². The van der Waals surface area contributed by atoms with Crippen LogP contribution in [0.25, 0.3) is 0 Å². The number of carboxylic acid groups (broad SMARTS) is 1. The van der Waals surface area contributed by atoms with Crippen molar-refractivity contribution in [3.8, 4) is 0 Å². The summed E-state index contributed by atoms with van der Waals surface area (Å²) in [5.74, 6) is -2.58. The minimum atomic E-state index is -4.20. The van der Waals surface area contributed by atoms with Gasteiger partial charge in [0.15, 0.2) is 9.84 Å². The molecule has 1 rings (SSSR count). The van der Waals surface area contributed by atoms with Crippen LogP contribution in [0.4, 0.5) is 4.39 Å². The van der Waals surface area contributed by atoms with Crippen LogP contribution < -0.4 is 0 Å². The summed E-state index contributed by atoms with van der Waals surface area (Å²) in [5, 5.41) is 8.54. The molecule has 1 aromatic carbocycles. The molecule has 112 valence electrons. The van der Waals surface area contributed by atoms with Crippen molar-refractivity contribution < 1.29 is 31.1 Å². The van der Waals surface area contributed by atoms with Crippen molar-refractivity contribution in [2.24, 2.45) is 0 Å². The molecule has 0 bridgehead atoms. The minimum Gasteiger partial charge on any atom is -0.480 e. The molecule has 1 N–H and O–H groups in total. The Kier molecular flexibility index (Phi) is 4.52. The number of hydrogen-bond acceptors (Lipinski definition) is 5. The Bertz CT molecular complexity index is 741. The van der Waals surface area contributed by atoms with Gasteiger partial charge in [0, 0.05) is 13.3 Å². The number of carbonyl (C=O) groups is 1. The van der Waals surface area contributed by atoms with Crippen LogP contribution in [0.15, 0.2) is 28.0 Å². The van der Waals surface area contributed by atoms with Crippen LogP contribution in [0.5, 0.6) is 0 Å². The van der Waals surface area contributed by atoms with Crippen LogP contribution in [-0.4, -0.2) is 52.1 Å². The first-order valence-corrected chi connectivity index (χ1v) is 8.47. The number of rotatable bonds is 5. The SMILES string of the molecule is CN(CC(=O)O)S(=O)(=O)c1ccc(S(C)(=O)=O)c(F)c1. The van der Waals surface area contributed by atoms with Crippen LogP contribution in [0.1, 0.15) is 0 Å². The second-order valence-corrected chi connectivity index (χ2v) is 8.05. The zero-order chi connectivity index (χ0) is 15.7. The molecule has 0 amide bonds. The number of nitrogens with zero attached hydrogens (tertiary/aromatic N) is 1. The third-order valence-electron chi connectivity index (χ3n) is 2.37. The highest BCUT2D eigenvalue weighted by Crippen LogP contribution is 2.21. The van der Waals surface area contributed by atoms with Crippen LogP contribution >= 0.6 is 0 Å². The zero-order valence-corrected chi connectivity index (χ0v) is 12.2. The van der Waals surface area contributed by atoms with E-state index >= 15 is 0 Å². The van der Waals surface area contributed by atoms with Gasteiger partial charge in [0.2, 0.25) is 10.0 Å². The van der Waals surface area contributed by atoms with E-state index in [1.165, 1.54) is 0 Å². The maximum Gasteiger partial charge on any atom is 0.318 e. The van der Waals surface area contributed by atoms with Gasteiger partial charge in [-0.1, -0.05) is 0 Å². The maximum atomic E-state index is 13.6. The number of carboxylic acids is 1. The molecule has 0 radical (unpaired) electrons. The molecule has 1 aromatic rings. The lowest BCUT2D eigenvalue weighted by Gasteiger charge is -2.15. The molecule has 0 aliphatic rings. The first kappa shape index (κ1) is 16.5. The molecular weight excluding hydrogens is 313 g/mol. The highest BCUT2D eigenvalue weighted by molar-refractivity contribution is 7.90. The van der Waals surface area contributed by atoms with Gasteiger partial charge in [0.25, 0.3) is 0 Å². The minimum absolute atomic E-state index is 0.518. The smallest absolute Gasteiger partial charge is 0.318 e. The van der Waals surface area contributed by atoms with Crippen LogP contribution in [0.3, 0.4) is 0 Å². The molecule has 0 saturated heterocycles. The molecule has 0 atom stereocenters. The monoisotopic (exact) mass is 325 g/mol. The lowest BCUT2D eigenvalue weighted by molar-refractivity contribution is -0.137. The predicted octanol–water partition coefficient (Wildman–Crippen LogP) is -0.0657. The molecule has 0 aliphatic carbocycles. The third-order valence-corrected chi connectivity index (χ3v) is 5.30. The van der Waals surface area contributed by atoms with Gasteiger partial charge >= 0.3 is 5.97 Å². The van der Waals surface area contributed by atoms with E-state index in [0.717, 1.165) is 25.4 Å².